The standard InChI is InChI=1S/C17H24F2N2O4/c1-9(2)4-10(5-14(22)23)8-21-17(24)16(20)15-12(18)6-11(25-3)7-13(15)19/h6-7,9-10,16H,4-5,8,20H2,1-3H3,(H,21,24)(H,22,23)/t10-,16?/m0/s1. The molecule has 1 unspecified atom stereocenters. The van der Waals surface area contributed by atoms with E-state index in [1.807, 2.05) is 13.8 Å². The van der Waals surface area contributed by atoms with E-state index in [1.54, 1.807) is 0 Å². The van der Waals surface area contributed by atoms with Gasteiger partial charge in [0.15, 0.2) is 0 Å². The van der Waals surface area contributed by atoms with Gasteiger partial charge in [-0.2, -0.15) is 0 Å². The lowest BCUT2D eigenvalue weighted by Crippen LogP contribution is -2.38. The Bertz CT molecular complexity index is 600. The first-order valence-electron chi connectivity index (χ1n) is 7.93. The largest absolute Gasteiger partial charge is 0.497 e. The third kappa shape index (κ3) is 6.30. The molecule has 1 amide bonds. The minimum Gasteiger partial charge on any atom is -0.497 e. The number of halogens is 2. The van der Waals surface area contributed by atoms with E-state index in [-0.39, 0.29) is 30.6 Å². The molecule has 0 radical (unpaired) electrons. The van der Waals surface area contributed by atoms with Crippen molar-refractivity contribution in [2.24, 2.45) is 17.6 Å². The molecule has 8 heteroatoms. The zero-order valence-electron chi connectivity index (χ0n) is 14.5. The van der Waals surface area contributed by atoms with Crippen molar-refractivity contribution in [2.45, 2.75) is 32.7 Å². The van der Waals surface area contributed by atoms with Crippen LogP contribution in [0.1, 0.15) is 38.3 Å². The Kier molecular flexibility index (Phi) is 7.76. The summed E-state index contributed by atoms with van der Waals surface area (Å²) in [5.41, 5.74) is 5.11. The number of carboxylic acid groups (broad SMARTS) is 1. The second-order valence-corrected chi connectivity index (χ2v) is 6.32. The Hall–Kier alpha value is -2.22. The van der Waals surface area contributed by atoms with Gasteiger partial charge in [0.25, 0.3) is 0 Å². The Morgan fingerprint density at radius 3 is 2.28 bits per heavy atom. The van der Waals surface area contributed by atoms with Gasteiger partial charge in [-0.3, -0.25) is 9.59 Å². The number of benzene rings is 1. The maximum Gasteiger partial charge on any atom is 0.303 e. The van der Waals surface area contributed by atoms with E-state index in [2.05, 4.69) is 5.32 Å². The molecule has 0 bridgehead atoms. The summed E-state index contributed by atoms with van der Waals surface area (Å²) in [6.07, 6.45) is 0.478. The van der Waals surface area contributed by atoms with E-state index in [1.165, 1.54) is 7.11 Å². The smallest absolute Gasteiger partial charge is 0.303 e. The lowest BCUT2D eigenvalue weighted by molar-refractivity contribution is -0.138. The molecule has 0 aliphatic rings. The molecule has 0 heterocycles. The molecule has 1 aromatic rings. The number of carboxylic acids is 1. The SMILES string of the molecule is COc1cc(F)c(C(N)C(=O)NC[C@H](CC(=O)O)CC(C)C)c(F)c1. The molecular weight excluding hydrogens is 334 g/mol. The van der Waals surface area contributed by atoms with E-state index < -0.39 is 35.1 Å². The first-order chi connectivity index (χ1) is 11.6. The maximum atomic E-state index is 14.0. The van der Waals surface area contributed by atoms with E-state index in [9.17, 15) is 18.4 Å². The highest BCUT2D eigenvalue weighted by atomic mass is 19.1. The van der Waals surface area contributed by atoms with Gasteiger partial charge in [0.2, 0.25) is 5.91 Å². The number of carbonyl (C=O) groups excluding carboxylic acids is 1. The van der Waals surface area contributed by atoms with Gasteiger partial charge in [-0.1, -0.05) is 13.8 Å². The fourth-order valence-corrected chi connectivity index (χ4v) is 2.61. The van der Waals surface area contributed by atoms with Crippen molar-refractivity contribution in [3.8, 4) is 5.75 Å². The summed E-state index contributed by atoms with van der Waals surface area (Å²) in [6, 6.07) is 0.338. The Balaban J connectivity index is 2.81. The monoisotopic (exact) mass is 358 g/mol. The van der Waals surface area contributed by atoms with Crippen LogP contribution in [0.3, 0.4) is 0 Å². The number of hydrogen-bond donors (Lipinski definition) is 3. The highest BCUT2D eigenvalue weighted by Gasteiger charge is 2.25. The number of amides is 1. The van der Waals surface area contributed by atoms with Crippen molar-refractivity contribution in [2.75, 3.05) is 13.7 Å². The zero-order valence-corrected chi connectivity index (χ0v) is 14.5. The van der Waals surface area contributed by atoms with Crippen LogP contribution >= 0.6 is 0 Å². The van der Waals surface area contributed by atoms with Gasteiger partial charge >= 0.3 is 5.97 Å². The molecule has 6 nitrogen and oxygen atoms in total. The molecule has 2 atom stereocenters. The minimum atomic E-state index is -1.55. The van der Waals surface area contributed by atoms with Gasteiger partial charge in [-0.25, -0.2) is 8.78 Å². The molecule has 0 aliphatic heterocycles. The van der Waals surface area contributed by atoms with Gasteiger partial charge in [0, 0.05) is 25.1 Å². The third-order valence-electron chi connectivity index (χ3n) is 3.71. The highest BCUT2D eigenvalue weighted by Crippen LogP contribution is 2.25. The summed E-state index contributed by atoms with van der Waals surface area (Å²) >= 11 is 0. The molecule has 0 aromatic heterocycles. The van der Waals surface area contributed by atoms with Crippen LogP contribution in [0.5, 0.6) is 5.75 Å². The number of methoxy groups -OCH3 is 1. The average Bonchev–Trinajstić information content (AvgIpc) is 2.50. The molecule has 25 heavy (non-hydrogen) atoms. The van der Waals surface area contributed by atoms with Crippen LogP contribution in [-0.2, 0) is 9.59 Å². The molecule has 4 N–H and O–H groups in total. The van der Waals surface area contributed by atoms with Gasteiger partial charge in [-0.15, -0.1) is 0 Å². The highest BCUT2D eigenvalue weighted by molar-refractivity contribution is 5.83. The molecule has 1 aromatic carbocycles. The van der Waals surface area contributed by atoms with Crippen molar-refractivity contribution < 1.29 is 28.2 Å². The third-order valence-corrected chi connectivity index (χ3v) is 3.71. The second-order valence-electron chi connectivity index (χ2n) is 6.32. The quantitative estimate of drug-likeness (QED) is 0.628. The molecule has 0 saturated carbocycles. The second kappa shape index (κ2) is 9.31. The first kappa shape index (κ1) is 20.8. The van der Waals surface area contributed by atoms with Gasteiger partial charge in [0.1, 0.15) is 23.4 Å². The predicted octanol–water partition coefficient (Wildman–Crippen LogP) is 2.23. The lowest BCUT2D eigenvalue weighted by Gasteiger charge is -2.20. The molecule has 0 saturated heterocycles. The lowest BCUT2D eigenvalue weighted by atomic mass is 9.94. The van der Waals surface area contributed by atoms with Gasteiger partial charge in [0.05, 0.1) is 12.7 Å². The number of carbonyl (C=O) groups is 2. The Morgan fingerprint density at radius 1 is 1.28 bits per heavy atom. The minimum absolute atomic E-state index is 0.0233. The molecular formula is C17H24F2N2O4. The number of nitrogens with one attached hydrogen (secondary N) is 1. The van der Waals surface area contributed by atoms with Crippen molar-refractivity contribution in [3.05, 3.63) is 29.3 Å². The molecule has 1 rings (SSSR count). The fraction of sp³-hybridized carbons (Fsp3) is 0.529. The van der Waals surface area contributed by atoms with E-state index in [0.717, 1.165) is 12.1 Å². The summed E-state index contributed by atoms with van der Waals surface area (Å²) in [7, 11) is 1.26. The number of ether oxygens (including phenoxy) is 1. The predicted molar refractivity (Wildman–Crippen MR) is 88.0 cm³/mol. The summed E-state index contributed by atoms with van der Waals surface area (Å²) < 4.78 is 32.7. The average molecular weight is 358 g/mol. The van der Waals surface area contributed by atoms with Crippen LogP contribution in [0.25, 0.3) is 0 Å². The fourth-order valence-electron chi connectivity index (χ4n) is 2.61. The van der Waals surface area contributed by atoms with Crippen molar-refractivity contribution >= 4 is 11.9 Å². The van der Waals surface area contributed by atoms with E-state index in [0.29, 0.717) is 6.42 Å². The van der Waals surface area contributed by atoms with E-state index in [4.69, 9.17) is 15.6 Å². The van der Waals surface area contributed by atoms with Crippen LogP contribution in [0.2, 0.25) is 0 Å². The summed E-state index contributed by atoms with van der Waals surface area (Å²) in [5, 5.41) is 11.4. The van der Waals surface area contributed by atoms with Crippen molar-refractivity contribution in [1.82, 2.24) is 5.32 Å². The van der Waals surface area contributed by atoms with Crippen LogP contribution in [0, 0.1) is 23.5 Å². The normalized spacial score (nSPS) is 13.4. The number of rotatable bonds is 9. The molecule has 140 valence electrons. The van der Waals surface area contributed by atoms with Crippen molar-refractivity contribution in [3.63, 3.8) is 0 Å². The van der Waals surface area contributed by atoms with Crippen LogP contribution < -0.4 is 15.8 Å². The molecule has 0 spiro atoms. The Morgan fingerprint density at radius 2 is 1.84 bits per heavy atom. The number of nitrogens with two attached hydrogens (primary N) is 1. The van der Waals surface area contributed by atoms with Crippen LogP contribution in [0.15, 0.2) is 12.1 Å². The van der Waals surface area contributed by atoms with Gasteiger partial charge in [-0.05, 0) is 18.3 Å². The number of hydrogen-bond acceptors (Lipinski definition) is 4. The maximum absolute atomic E-state index is 14.0. The first-order valence-corrected chi connectivity index (χ1v) is 7.93. The molecule has 0 fully saturated rings. The summed E-state index contributed by atoms with van der Waals surface area (Å²) in [4.78, 5) is 23.0. The number of aliphatic carboxylic acids is 1. The Labute approximate surface area is 145 Å². The summed E-state index contributed by atoms with van der Waals surface area (Å²) in [6.45, 7) is 3.94. The summed E-state index contributed by atoms with van der Waals surface area (Å²) in [5.74, 6) is -3.79. The zero-order chi connectivity index (χ0) is 19.1. The van der Waals surface area contributed by atoms with Crippen molar-refractivity contribution in [1.29, 1.82) is 0 Å². The van der Waals surface area contributed by atoms with Gasteiger partial charge < -0.3 is 20.9 Å². The molecule has 0 aliphatic carbocycles. The topological polar surface area (TPSA) is 102 Å². The van der Waals surface area contributed by atoms with E-state index >= 15 is 0 Å². The van der Waals surface area contributed by atoms with Crippen LogP contribution in [0.4, 0.5) is 8.78 Å². The van der Waals surface area contributed by atoms with Crippen LogP contribution in [-0.4, -0.2) is 30.6 Å².